The number of anilines is 2. The monoisotopic (exact) mass is 342 g/mol. The molecule has 0 unspecified atom stereocenters. The van der Waals surface area contributed by atoms with Crippen molar-refractivity contribution < 1.29 is 18.7 Å². The van der Waals surface area contributed by atoms with E-state index in [2.05, 4.69) is 10.6 Å². The summed E-state index contributed by atoms with van der Waals surface area (Å²) < 4.78 is 18.2. The van der Waals surface area contributed by atoms with Gasteiger partial charge in [-0.05, 0) is 35.9 Å². The number of carbonyl (C=O) groups is 2. The molecule has 0 spiro atoms. The highest BCUT2D eigenvalue weighted by molar-refractivity contribution is 5.95. The second-order valence-corrected chi connectivity index (χ2v) is 5.31. The van der Waals surface area contributed by atoms with Gasteiger partial charge in [-0.15, -0.1) is 0 Å². The molecule has 0 bridgehead atoms. The van der Waals surface area contributed by atoms with Gasteiger partial charge in [-0.25, -0.2) is 4.39 Å². The lowest BCUT2D eigenvalue weighted by Crippen LogP contribution is -2.11. The second kappa shape index (κ2) is 8.63. The number of benzene rings is 2. The molecule has 0 radical (unpaired) electrons. The van der Waals surface area contributed by atoms with Crippen molar-refractivity contribution >= 4 is 29.3 Å². The lowest BCUT2D eigenvalue weighted by atomic mass is 10.2. The van der Waals surface area contributed by atoms with Crippen molar-refractivity contribution in [2.24, 2.45) is 0 Å². The Bertz CT molecular complexity index is 803. The molecule has 25 heavy (non-hydrogen) atoms. The van der Waals surface area contributed by atoms with E-state index in [1.165, 1.54) is 26.2 Å². The van der Waals surface area contributed by atoms with E-state index in [1.807, 2.05) is 0 Å². The summed E-state index contributed by atoms with van der Waals surface area (Å²) in [6.45, 7) is 1.39. The fourth-order valence-corrected chi connectivity index (χ4v) is 2.20. The van der Waals surface area contributed by atoms with E-state index in [0.717, 1.165) is 0 Å². The fraction of sp³-hybridized carbons (Fsp3) is 0.158. The fourth-order valence-electron chi connectivity index (χ4n) is 2.20. The normalized spacial score (nSPS) is 10.5. The zero-order valence-electron chi connectivity index (χ0n) is 14.0. The van der Waals surface area contributed by atoms with Crippen LogP contribution in [0, 0.1) is 5.82 Å². The van der Waals surface area contributed by atoms with Crippen LogP contribution in [0.4, 0.5) is 15.8 Å². The van der Waals surface area contributed by atoms with Crippen molar-refractivity contribution in [1.29, 1.82) is 0 Å². The average Bonchev–Trinajstić information content (AvgIpc) is 2.54. The average molecular weight is 342 g/mol. The third-order valence-electron chi connectivity index (χ3n) is 3.26. The molecule has 5 nitrogen and oxygen atoms in total. The number of hydrogen-bond acceptors (Lipinski definition) is 3. The number of halogens is 1. The number of carbonyl (C=O) groups excluding carboxylic acids is 2. The summed E-state index contributed by atoms with van der Waals surface area (Å²) in [6, 6.07) is 11.1. The third-order valence-corrected chi connectivity index (χ3v) is 3.26. The van der Waals surface area contributed by atoms with Gasteiger partial charge in [-0.1, -0.05) is 24.3 Å². The molecule has 0 aliphatic rings. The summed E-state index contributed by atoms with van der Waals surface area (Å²) in [5.74, 6) is -0.291. The molecule has 0 atom stereocenters. The standard InChI is InChI=1S/C19H19FN2O3/c1-13(23)21-17-12-16(9-10-18(17)25-2)22-19(24)8-4-6-14-5-3-7-15(20)11-14/h3-7,9-12H,8H2,1-2H3,(H,21,23)(H,22,24). The lowest BCUT2D eigenvalue weighted by Gasteiger charge is -2.11. The number of nitrogens with one attached hydrogen (secondary N) is 2. The Kier molecular flexibility index (Phi) is 6.28. The molecule has 6 heteroatoms. The van der Waals surface area contributed by atoms with Crippen LogP contribution < -0.4 is 15.4 Å². The first-order valence-corrected chi connectivity index (χ1v) is 7.65. The molecule has 0 saturated carbocycles. The van der Waals surface area contributed by atoms with Crippen LogP contribution in [0.15, 0.2) is 48.5 Å². The topological polar surface area (TPSA) is 67.4 Å². The Morgan fingerprint density at radius 1 is 1.16 bits per heavy atom. The van der Waals surface area contributed by atoms with Gasteiger partial charge in [0.15, 0.2) is 0 Å². The molecule has 2 rings (SSSR count). The van der Waals surface area contributed by atoms with E-state index >= 15 is 0 Å². The van der Waals surface area contributed by atoms with Crippen LogP contribution >= 0.6 is 0 Å². The molecule has 2 aromatic carbocycles. The van der Waals surface area contributed by atoms with Crippen molar-refractivity contribution in [2.75, 3.05) is 17.7 Å². The van der Waals surface area contributed by atoms with Gasteiger partial charge in [0.2, 0.25) is 11.8 Å². The molecule has 2 N–H and O–H groups in total. The maximum absolute atomic E-state index is 13.1. The molecule has 0 fully saturated rings. The van der Waals surface area contributed by atoms with Crippen molar-refractivity contribution in [2.45, 2.75) is 13.3 Å². The highest BCUT2D eigenvalue weighted by Crippen LogP contribution is 2.27. The summed E-state index contributed by atoms with van der Waals surface area (Å²) >= 11 is 0. The second-order valence-electron chi connectivity index (χ2n) is 5.31. The number of amides is 2. The summed E-state index contributed by atoms with van der Waals surface area (Å²) in [5, 5.41) is 5.38. The summed E-state index contributed by atoms with van der Waals surface area (Å²) in [5.41, 5.74) is 1.70. The predicted molar refractivity (Wildman–Crippen MR) is 96.0 cm³/mol. The number of rotatable bonds is 6. The Hall–Kier alpha value is -3.15. The van der Waals surface area contributed by atoms with Crippen LogP contribution in [-0.4, -0.2) is 18.9 Å². The molecule has 0 heterocycles. The van der Waals surface area contributed by atoms with Gasteiger partial charge in [0.25, 0.3) is 0 Å². The third kappa shape index (κ3) is 5.76. The van der Waals surface area contributed by atoms with Gasteiger partial charge in [-0.3, -0.25) is 9.59 Å². The molecule has 0 saturated heterocycles. The summed E-state index contributed by atoms with van der Waals surface area (Å²) in [6.07, 6.45) is 3.47. The van der Waals surface area contributed by atoms with E-state index in [1.54, 1.807) is 42.5 Å². The van der Waals surface area contributed by atoms with Crippen molar-refractivity contribution in [3.05, 3.63) is 59.9 Å². The molecular weight excluding hydrogens is 323 g/mol. The Morgan fingerprint density at radius 3 is 2.64 bits per heavy atom. The Balaban J connectivity index is 1.99. The Morgan fingerprint density at radius 2 is 1.96 bits per heavy atom. The van der Waals surface area contributed by atoms with E-state index < -0.39 is 0 Å². The van der Waals surface area contributed by atoms with Gasteiger partial charge in [0.05, 0.1) is 12.8 Å². The zero-order valence-corrected chi connectivity index (χ0v) is 14.0. The molecule has 130 valence electrons. The minimum atomic E-state index is -0.324. The largest absolute Gasteiger partial charge is 0.495 e. The van der Waals surface area contributed by atoms with E-state index in [0.29, 0.717) is 22.7 Å². The lowest BCUT2D eigenvalue weighted by molar-refractivity contribution is -0.115. The van der Waals surface area contributed by atoms with Crippen LogP contribution in [0.2, 0.25) is 0 Å². The quantitative estimate of drug-likeness (QED) is 0.838. The van der Waals surface area contributed by atoms with E-state index in [9.17, 15) is 14.0 Å². The van der Waals surface area contributed by atoms with Crippen molar-refractivity contribution in [1.82, 2.24) is 0 Å². The summed E-state index contributed by atoms with van der Waals surface area (Å²) in [7, 11) is 1.50. The van der Waals surface area contributed by atoms with Gasteiger partial charge in [0.1, 0.15) is 11.6 Å². The highest BCUT2D eigenvalue weighted by atomic mass is 19.1. The van der Waals surface area contributed by atoms with Gasteiger partial charge < -0.3 is 15.4 Å². The van der Waals surface area contributed by atoms with Crippen molar-refractivity contribution in [3.8, 4) is 5.75 Å². The van der Waals surface area contributed by atoms with Crippen LogP contribution in [0.25, 0.3) is 6.08 Å². The first-order chi connectivity index (χ1) is 12.0. The van der Waals surface area contributed by atoms with Crippen LogP contribution in [0.3, 0.4) is 0 Å². The number of ether oxygens (including phenoxy) is 1. The maximum Gasteiger partial charge on any atom is 0.228 e. The molecule has 0 aliphatic carbocycles. The minimum Gasteiger partial charge on any atom is -0.495 e. The SMILES string of the molecule is COc1ccc(NC(=O)CC=Cc2cccc(F)c2)cc1NC(C)=O. The minimum absolute atomic E-state index is 0.137. The molecule has 0 aromatic heterocycles. The van der Waals surface area contributed by atoms with Crippen LogP contribution in [0.5, 0.6) is 5.75 Å². The molecule has 2 aromatic rings. The van der Waals surface area contributed by atoms with Crippen molar-refractivity contribution in [3.63, 3.8) is 0 Å². The van der Waals surface area contributed by atoms with Crippen LogP contribution in [0.1, 0.15) is 18.9 Å². The molecule has 0 aliphatic heterocycles. The van der Waals surface area contributed by atoms with Gasteiger partial charge in [-0.2, -0.15) is 0 Å². The molecular formula is C19H19FN2O3. The smallest absolute Gasteiger partial charge is 0.228 e. The Labute approximate surface area is 145 Å². The van der Waals surface area contributed by atoms with E-state index in [-0.39, 0.29) is 24.1 Å². The highest BCUT2D eigenvalue weighted by Gasteiger charge is 2.07. The van der Waals surface area contributed by atoms with Gasteiger partial charge >= 0.3 is 0 Å². The predicted octanol–water partition coefficient (Wildman–Crippen LogP) is 3.83. The summed E-state index contributed by atoms with van der Waals surface area (Å²) in [4.78, 5) is 23.2. The van der Waals surface area contributed by atoms with Crippen LogP contribution in [-0.2, 0) is 9.59 Å². The maximum atomic E-state index is 13.1. The molecule has 2 amide bonds. The van der Waals surface area contributed by atoms with Gasteiger partial charge in [0, 0.05) is 19.0 Å². The zero-order chi connectivity index (χ0) is 18.2. The first kappa shape index (κ1) is 18.2. The van der Waals surface area contributed by atoms with E-state index in [4.69, 9.17) is 4.74 Å². The number of methoxy groups -OCH3 is 1. The number of hydrogen-bond donors (Lipinski definition) is 2. The first-order valence-electron chi connectivity index (χ1n) is 7.65.